The first kappa shape index (κ1) is 13.0. The van der Waals surface area contributed by atoms with E-state index in [0.29, 0.717) is 6.04 Å². The van der Waals surface area contributed by atoms with Gasteiger partial charge in [-0.25, -0.2) is 0 Å². The molecule has 0 saturated heterocycles. The molecule has 1 aromatic rings. The highest BCUT2D eigenvalue weighted by molar-refractivity contribution is 5.58. The maximum Gasteiger partial charge on any atom is 0.0559 e. The quantitative estimate of drug-likeness (QED) is 0.748. The van der Waals surface area contributed by atoms with E-state index in [2.05, 4.69) is 78.6 Å². The molecule has 0 aromatic heterocycles. The molecule has 1 aromatic carbocycles. The monoisotopic (exact) mass is 263 g/mol. The molecule has 1 atom stereocenters. The Balaban J connectivity index is 1.96. The van der Waals surface area contributed by atoms with Crippen molar-refractivity contribution in [1.82, 2.24) is 0 Å². The molecule has 20 heavy (non-hydrogen) atoms. The second kappa shape index (κ2) is 5.96. The van der Waals surface area contributed by atoms with Gasteiger partial charge in [0.05, 0.1) is 6.04 Å². The van der Waals surface area contributed by atoms with E-state index in [1.54, 1.807) is 0 Å². The largest absolute Gasteiger partial charge is 0.335 e. The topological polar surface area (TPSA) is 3.24 Å². The lowest BCUT2D eigenvalue weighted by molar-refractivity contribution is 0.755. The van der Waals surface area contributed by atoms with Crippen LogP contribution in [0.5, 0.6) is 0 Å². The molecular weight excluding hydrogens is 242 g/mol. The Labute approximate surface area is 121 Å². The Morgan fingerprint density at radius 1 is 1.00 bits per heavy atom. The van der Waals surface area contributed by atoms with E-state index in [1.165, 1.54) is 16.9 Å². The number of benzene rings is 1. The number of anilines is 1. The van der Waals surface area contributed by atoms with Crippen LogP contribution >= 0.6 is 0 Å². The van der Waals surface area contributed by atoms with Crippen LogP contribution in [0, 0.1) is 6.92 Å². The van der Waals surface area contributed by atoms with Crippen LogP contribution in [0.2, 0.25) is 0 Å². The van der Waals surface area contributed by atoms with E-state index in [-0.39, 0.29) is 0 Å². The van der Waals surface area contributed by atoms with E-state index in [1.807, 2.05) is 0 Å². The number of rotatable bonds is 3. The summed E-state index contributed by atoms with van der Waals surface area (Å²) in [4.78, 5) is 2.45. The minimum atomic E-state index is 0.414. The van der Waals surface area contributed by atoms with Gasteiger partial charge in [-0.3, -0.25) is 0 Å². The van der Waals surface area contributed by atoms with Gasteiger partial charge in [-0.1, -0.05) is 54.2 Å². The Kier molecular flexibility index (Phi) is 3.87. The molecule has 3 rings (SSSR count). The van der Waals surface area contributed by atoms with Crippen LogP contribution < -0.4 is 4.90 Å². The zero-order valence-electron chi connectivity index (χ0n) is 12.0. The van der Waals surface area contributed by atoms with Crippen LogP contribution in [0.1, 0.15) is 24.8 Å². The molecule has 0 radical (unpaired) electrons. The summed E-state index contributed by atoms with van der Waals surface area (Å²) in [7, 11) is 0. The normalized spacial score (nSPS) is 20.9. The molecule has 102 valence electrons. The molecule has 1 unspecified atom stereocenters. The molecule has 2 aliphatic carbocycles. The Bertz CT molecular complexity index is 572. The highest BCUT2D eigenvalue weighted by atomic mass is 15.2. The van der Waals surface area contributed by atoms with Gasteiger partial charge in [0, 0.05) is 11.4 Å². The standard InChI is InChI=1S/C19H21N/c1-16-12-14-19(15-13-16)20(17-8-4-2-5-9-17)18-10-6-3-7-11-18/h2,4-6,8,10-15,17H,3,7,9H2,1H3. The van der Waals surface area contributed by atoms with Crippen molar-refractivity contribution >= 4 is 5.69 Å². The van der Waals surface area contributed by atoms with Gasteiger partial charge >= 0.3 is 0 Å². The van der Waals surface area contributed by atoms with Gasteiger partial charge in [0.2, 0.25) is 0 Å². The number of aryl methyl sites for hydroxylation is 1. The predicted octanol–water partition coefficient (Wildman–Crippen LogP) is 4.92. The highest BCUT2D eigenvalue weighted by Crippen LogP contribution is 2.28. The van der Waals surface area contributed by atoms with Crippen molar-refractivity contribution in [3.63, 3.8) is 0 Å². The smallest absolute Gasteiger partial charge is 0.0559 e. The van der Waals surface area contributed by atoms with Crippen molar-refractivity contribution in [2.24, 2.45) is 0 Å². The average molecular weight is 263 g/mol. The number of nitrogens with zero attached hydrogens (tertiary/aromatic N) is 1. The van der Waals surface area contributed by atoms with Gasteiger partial charge < -0.3 is 4.90 Å². The molecule has 0 saturated carbocycles. The SMILES string of the molecule is Cc1ccc(N(C2=CCCC=C2)C2C=CC=CC2)cc1. The van der Waals surface area contributed by atoms with Crippen LogP contribution in [-0.2, 0) is 0 Å². The summed E-state index contributed by atoms with van der Waals surface area (Å²) in [5.41, 5.74) is 3.91. The van der Waals surface area contributed by atoms with E-state index in [0.717, 1.165) is 19.3 Å². The summed E-state index contributed by atoms with van der Waals surface area (Å²) in [6.45, 7) is 2.14. The Hall–Kier alpha value is -2.02. The maximum absolute atomic E-state index is 2.45. The number of hydrogen-bond donors (Lipinski definition) is 0. The van der Waals surface area contributed by atoms with Gasteiger partial charge in [0.1, 0.15) is 0 Å². The van der Waals surface area contributed by atoms with Gasteiger partial charge in [-0.05, 0) is 44.4 Å². The molecule has 0 N–H and O–H groups in total. The molecule has 2 aliphatic rings. The first-order chi connectivity index (χ1) is 9.84. The summed E-state index contributed by atoms with van der Waals surface area (Å²) < 4.78 is 0. The fraction of sp³-hybridized carbons (Fsp3) is 0.263. The molecule has 0 spiro atoms. The van der Waals surface area contributed by atoms with E-state index in [4.69, 9.17) is 0 Å². The highest BCUT2D eigenvalue weighted by Gasteiger charge is 2.19. The predicted molar refractivity (Wildman–Crippen MR) is 86.8 cm³/mol. The number of allylic oxidation sites excluding steroid dienone is 5. The molecule has 0 bridgehead atoms. The minimum Gasteiger partial charge on any atom is -0.335 e. The van der Waals surface area contributed by atoms with Crippen molar-refractivity contribution in [2.75, 3.05) is 4.90 Å². The third-order valence-corrected chi connectivity index (χ3v) is 3.86. The van der Waals surface area contributed by atoms with Gasteiger partial charge in [0.15, 0.2) is 0 Å². The van der Waals surface area contributed by atoms with Gasteiger partial charge in [0.25, 0.3) is 0 Å². The molecule has 0 heterocycles. The Morgan fingerprint density at radius 3 is 2.50 bits per heavy atom. The molecule has 0 aliphatic heterocycles. The molecular formula is C19H21N. The lowest BCUT2D eigenvalue weighted by atomic mass is 10.0. The van der Waals surface area contributed by atoms with Crippen molar-refractivity contribution in [3.8, 4) is 0 Å². The third kappa shape index (κ3) is 2.77. The Morgan fingerprint density at radius 2 is 1.85 bits per heavy atom. The summed E-state index contributed by atoms with van der Waals surface area (Å²) >= 11 is 0. The average Bonchev–Trinajstić information content (AvgIpc) is 2.52. The summed E-state index contributed by atoms with van der Waals surface area (Å²) in [6.07, 6.45) is 19.1. The zero-order valence-corrected chi connectivity index (χ0v) is 12.0. The lowest BCUT2D eigenvalue weighted by Crippen LogP contribution is -2.33. The second-order valence-corrected chi connectivity index (χ2v) is 5.43. The fourth-order valence-corrected chi connectivity index (χ4v) is 2.77. The first-order valence-corrected chi connectivity index (χ1v) is 7.40. The second-order valence-electron chi connectivity index (χ2n) is 5.43. The van der Waals surface area contributed by atoms with Crippen LogP contribution in [-0.4, -0.2) is 6.04 Å². The zero-order chi connectivity index (χ0) is 13.8. The van der Waals surface area contributed by atoms with Crippen LogP contribution in [0.3, 0.4) is 0 Å². The van der Waals surface area contributed by atoms with Crippen molar-refractivity contribution in [2.45, 2.75) is 32.2 Å². The molecule has 0 amide bonds. The summed E-state index contributed by atoms with van der Waals surface area (Å²) in [5.74, 6) is 0. The molecule has 1 nitrogen and oxygen atoms in total. The van der Waals surface area contributed by atoms with Gasteiger partial charge in [-0.15, -0.1) is 0 Å². The number of hydrogen-bond acceptors (Lipinski definition) is 1. The van der Waals surface area contributed by atoms with E-state index < -0.39 is 0 Å². The van der Waals surface area contributed by atoms with E-state index >= 15 is 0 Å². The maximum atomic E-state index is 2.45. The molecule has 0 fully saturated rings. The van der Waals surface area contributed by atoms with Crippen LogP contribution in [0.25, 0.3) is 0 Å². The summed E-state index contributed by atoms with van der Waals surface area (Å²) in [6, 6.07) is 9.25. The minimum absolute atomic E-state index is 0.414. The van der Waals surface area contributed by atoms with Crippen LogP contribution in [0.15, 0.2) is 72.5 Å². The summed E-state index contributed by atoms with van der Waals surface area (Å²) in [5, 5.41) is 0. The first-order valence-electron chi connectivity index (χ1n) is 7.40. The van der Waals surface area contributed by atoms with Crippen molar-refractivity contribution in [3.05, 3.63) is 78.1 Å². The lowest BCUT2D eigenvalue weighted by Gasteiger charge is -2.34. The third-order valence-electron chi connectivity index (χ3n) is 3.86. The van der Waals surface area contributed by atoms with Crippen molar-refractivity contribution in [1.29, 1.82) is 0 Å². The molecule has 1 heteroatoms. The van der Waals surface area contributed by atoms with Crippen LogP contribution in [0.4, 0.5) is 5.69 Å². The van der Waals surface area contributed by atoms with Crippen molar-refractivity contribution < 1.29 is 0 Å². The van der Waals surface area contributed by atoms with E-state index in [9.17, 15) is 0 Å². The fourth-order valence-electron chi connectivity index (χ4n) is 2.77. The van der Waals surface area contributed by atoms with Gasteiger partial charge in [-0.2, -0.15) is 0 Å².